The van der Waals surface area contributed by atoms with Gasteiger partial charge in [0, 0.05) is 54.2 Å². The maximum atomic E-state index is 12.7. The SMILES string of the molecule is CC(C)(C)OC(=O)N1CCC[C@H]1c1nc(-c2cc(CO)nc3ccccc23)cs1.CCOC(=O)c1cc(-c2csc([C@@H]3CCCN3C(=O)OC(C)(C)C)n2)c2ccccc2n1.[B].[H-].[Na+]. The molecule has 2 saturated heterocycles. The van der Waals surface area contributed by atoms with Crippen LogP contribution in [0.4, 0.5) is 9.59 Å². The Kier molecular flexibility index (Phi) is 16.5. The van der Waals surface area contributed by atoms with Gasteiger partial charge in [0.2, 0.25) is 0 Å². The molecule has 2 atom stereocenters. The molecule has 4 aromatic heterocycles. The van der Waals surface area contributed by atoms with Crippen molar-refractivity contribution in [2.45, 2.75) is 104 Å². The molecular weight excluding hydrogens is 846 g/mol. The number of fused-ring (bicyclic) bond motifs is 2. The standard InChI is InChI=1S/C24H27N3O4S.C22H25N3O3S.B.Na.H/c1-5-30-22(28)18-13-16(15-9-6-7-10-17(15)25-18)19-14-32-21(26-19)20-11-8-12-27(20)23(29)31-24(2,3)4;1-22(2,3)28-21(27)25-10-6-9-19(25)20-24-18(13-29-20)16-11-14(12-26)23-17-8-5-4-7-15(16)17;;;/h6-7,9-10,13-14,20H,5,8,11-12H2,1-4H3;4-5,7-8,11,13,19,26H,6,9-10,12H2,1-3H3;;;/q;;;+1;-1/t20-;19-;;;/m00.../s1. The third-order valence-corrected chi connectivity index (χ3v) is 12.0. The topological polar surface area (TPSA) is 157 Å². The van der Waals surface area contributed by atoms with Crippen LogP contribution >= 0.6 is 22.7 Å². The number of pyridine rings is 2. The molecule has 2 aliphatic rings. The number of nitrogens with zero attached hydrogens (tertiary/aromatic N) is 6. The van der Waals surface area contributed by atoms with E-state index in [0.29, 0.717) is 24.3 Å². The predicted molar refractivity (Wildman–Crippen MR) is 244 cm³/mol. The van der Waals surface area contributed by atoms with Crippen molar-refractivity contribution >= 4 is 71.0 Å². The Hall–Kier alpha value is -4.45. The third-order valence-electron chi connectivity index (χ3n) is 10.1. The first-order chi connectivity index (χ1) is 29.1. The van der Waals surface area contributed by atoms with Crippen molar-refractivity contribution in [1.29, 1.82) is 0 Å². The first-order valence-corrected chi connectivity index (χ1v) is 22.4. The number of likely N-dealkylation sites (tertiary alicyclic amines) is 2. The van der Waals surface area contributed by atoms with Crippen LogP contribution in [0.2, 0.25) is 0 Å². The Balaban J connectivity index is 0.000000269. The second-order valence-electron chi connectivity index (χ2n) is 16.9. The van der Waals surface area contributed by atoms with Gasteiger partial charge in [0.15, 0.2) is 0 Å². The first-order valence-electron chi connectivity index (χ1n) is 20.6. The molecule has 6 aromatic rings. The van der Waals surface area contributed by atoms with Crippen LogP contribution in [0.1, 0.15) is 114 Å². The Morgan fingerprint density at radius 2 is 1.19 bits per heavy atom. The van der Waals surface area contributed by atoms with E-state index in [9.17, 15) is 19.5 Å². The van der Waals surface area contributed by atoms with Gasteiger partial charge in [0.05, 0.1) is 53.4 Å². The van der Waals surface area contributed by atoms with Gasteiger partial charge in [-0.3, -0.25) is 14.8 Å². The number of thiazole rings is 2. The molecule has 2 aromatic carbocycles. The fraction of sp³-hybridized carbons (Fsp3) is 0.413. The van der Waals surface area contributed by atoms with Gasteiger partial charge in [-0.05, 0) is 98.4 Å². The summed E-state index contributed by atoms with van der Waals surface area (Å²) in [5, 5.41) is 17.3. The van der Waals surface area contributed by atoms with Crippen LogP contribution < -0.4 is 29.6 Å². The molecule has 3 radical (unpaired) electrons. The number of benzene rings is 2. The fourth-order valence-corrected chi connectivity index (χ4v) is 9.40. The number of hydrogen-bond acceptors (Lipinski definition) is 13. The normalized spacial score (nSPS) is 16.2. The molecule has 0 spiro atoms. The number of amides is 2. The number of hydrogen-bond donors (Lipinski definition) is 1. The van der Waals surface area contributed by atoms with E-state index in [1.807, 2.05) is 107 Å². The third kappa shape index (κ3) is 11.8. The summed E-state index contributed by atoms with van der Waals surface area (Å²) in [6.07, 6.45) is 2.97. The van der Waals surface area contributed by atoms with Crippen molar-refractivity contribution in [3.8, 4) is 22.5 Å². The number of carbonyl (C=O) groups is 3. The van der Waals surface area contributed by atoms with Crippen LogP contribution in [0.15, 0.2) is 71.4 Å². The zero-order chi connectivity index (χ0) is 43.5. The van der Waals surface area contributed by atoms with Gasteiger partial charge >= 0.3 is 47.7 Å². The predicted octanol–water partition coefficient (Wildman–Crippen LogP) is 7.27. The first kappa shape index (κ1) is 49.6. The van der Waals surface area contributed by atoms with Gasteiger partial charge < -0.3 is 20.7 Å². The van der Waals surface area contributed by atoms with Gasteiger partial charge in [-0.1, -0.05) is 36.4 Å². The molecule has 8 rings (SSSR count). The molecule has 63 heavy (non-hydrogen) atoms. The van der Waals surface area contributed by atoms with Gasteiger partial charge in [0.1, 0.15) is 26.9 Å². The molecule has 17 heteroatoms. The monoisotopic (exact) mass is 899 g/mol. The molecule has 1 N–H and O–H groups in total. The smallest absolute Gasteiger partial charge is 1.00 e. The Morgan fingerprint density at radius 1 is 0.730 bits per heavy atom. The van der Waals surface area contributed by atoms with Crippen molar-refractivity contribution < 1.29 is 64.7 Å². The molecule has 2 aliphatic heterocycles. The number of aromatic nitrogens is 4. The molecule has 2 amide bonds. The molecule has 325 valence electrons. The number of para-hydroxylation sites is 2. The van der Waals surface area contributed by atoms with Crippen LogP contribution in [0.3, 0.4) is 0 Å². The summed E-state index contributed by atoms with van der Waals surface area (Å²) < 4.78 is 16.3. The van der Waals surface area contributed by atoms with Crippen molar-refractivity contribution in [2.75, 3.05) is 19.7 Å². The quantitative estimate of drug-likeness (QED) is 0.0977. The van der Waals surface area contributed by atoms with Crippen LogP contribution in [0, 0.1) is 0 Å². The van der Waals surface area contributed by atoms with Gasteiger partial charge in [-0.2, -0.15) is 0 Å². The number of carbonyl (C=O) groups excluding carboxylic acids is 3. The Bertz CT molecular complexity index is 2560. The van der Waals surface area contributed by atoms with Crippen molar-refractivity contribution in [3.05, 3.63) is 92.8 Å². The minimum absolute atomic E-state index is 0. The second kappa shape index (κ2) is 21.0. The zero-order valence-electron chi connectivity index (χ0n) is 38.2. The van der Waals surface area contributed by atoms with E-state index in [0.717, 1.165) is 74.5 Å². The Morgan fingerprint density at radius 3 is 1.65 bits per heavy atom. The minimum atomic E-state index is -0.544. The molecule has 0 bridgehead atoms. The van der Waals surface area contributed by atoms with E-state index in [2.05, 4.69) is 9.97 Å². The van der Waals surface area contributed by atoms with Crippen molar-refractivity contribution in [1.82, 2.24) is 29.7 Å². The van der Waals surface area contributed by atoms with Crippen molar-refractivity contribution in [2.24, 2.45) is 0 Å². The molecule has 13 nitrogen and oxygen atoms in total. The van der Waals surface area contributed by atoms with E-state index in [4.69, 9.17) is 24.2 Å². The molecule has 0 saturated carbocycles. The Labute approximate surface area is 402 Å². The van der Waals surface area contributed by atoms with Crippen LogP contribution in [0.5, 0.6) is 0 Å². The van der Waals surface area contributed by atoms with Crippen LogP contribution in [-0.4, -0.2) is 92.3 Å². The number of aliphatic hydroxyl groups is 1. The maximum absolute atomic E-state index is 12.7. The van der Waals surface area contributed by atoms with Gasteiger partial charge in [-0.15, -0.1) is 22.7 Å². The second-order valence-corrected chi connectivity index (χ2v) is 18.7. The molecule has 6 heterocycles. The molecule has 0 aliphatic carbocycles. The van der Waals surface area contributed by atoms with E-state index in [1.165, 1.54) is 11.3 Å². The van der Waals surface area contributed by atoms with E-state index in [1.54, 1.807) is 34.1 Å². The largest absolute Gasteiger partial charge is 1.00 e. The van der Waals surface area contributed by atoms with Gasteiger partial charge in [0.25, 0.3) is 0 Å². The molecule has 2 fully saturated rings. The summed E-state index contributed by atoms with van der Waals surface area (Å²) in [5.74, 6) is -0.457. The van der Waals surface area contributed by atoms with Gasteiger partial charge in [-0.25, -0.2) is 29.3 Å². The van der Waals surface area contributed by atoms with E-state index >= 15 is 0 Å². The summed E-state index contributed by atoms with van der Waals surface area (Å²) in [7, 11) is 0. The summed E-state index contributed by atoms with van der Waals surface area (Å²) in [4.78, 5) is 59.9. The number of ether oxygens (including phenoxy) is 3. The molecule has 0 unspecified atom stereocenters. The average molecular weight is 900 g/mol. The summed E-state index contributed by atoms with van der Waals surface area (Å²) >= 11 is 3.08. The summed E-state index contributed by atoms with van der Waals surface area (Å²) in [6, 6.07) is 19.0. The minimum Gasteiger partial charge on any atom is -1.00 e. The summed E-state index contributed by atoms with van der Waals surface area (Å²) in [5.41, 5.74) is 4.72. The summed E-state index contributed by atoms with van der Waals surface area (Å²) in [6.45, 7) is 14.5. The average Bonchev–Trinajstić information content (AvgIpc) is 4.06. The molecular formula is C46H53BN6NaO7S2. The van der Waals surface area contributed by atoms with Crippen LogP contribution in [0.25, 0.3) is 44.3 Å². The van der Waals surface area contributed by atoms with Crippen molar-refractivity contribution in [3.63, 3.8) is 0 Å². The number of aliphatic hydroxyl groups excluding tert-OH is 1. The zero-order valence-corrected chi connectivity index (χ0v) is 40.8. The van der Waals surface area contributed by atoms with Crippen LogP contribution in [-0.2, 0) is 20.8 Å². The van der Waals surface area contributed by atoms with E-state index < -0.39 is 17.2 Å². The fourth-order valence-electron chi connectivity index (χ4n) is 7.47. The number of rotatable bonds is 7. The number of esters is 1. The maximum Gasteiger partial charge on any atom is 1.00 e. The van der Waals surface area contributed by atoms with E-state index in [-0.39, 0.29) is 82.6 Å².